The van der Waals surface area contributed by atoms with Crippen LogP contribution in [0.5, 0.6) is 0 Å². The Hall–Kier alpha value is -0.121. The minimum atomic E-state index is 0. The largest absolute Gasteiger partial charge is 2.00 e. The molecule has 0 amide bonds. The van der Waals surface area contributed by atoms with Gasteiger partial charge in [-0.1, -0.05) is 25.1 Å². The van der Waals surface area contributed by atoms with Gasteiger partial charge in [-0.15, -0.1) is 12.6 Å². The molecule has 0 aliphatic rings. The molecule has 1 nitrogen and oxygen atoms in total. The van der Waals surface area contributed by atoms with Crippen molar-refractivity contribution in [1.82, 2.24) is 4.90 Å². The van der Waals surface area contributed by atoms with Gasteiger partial charge in [-0.3, -0.25) is 0 Å². The fourth-order valence-electron chi connectivity index (χ4n) is 0.148. The predicted molar refractivity (Wildman–Crippen MR) is 41.1 cm³/mol. The second-order valence-electron chi connectivity index (χ2n) is 0.876. The van der Waals surface area contributed by atoms with E-state index < -0.39 is 0 Å². The molecule has 0 bridgehead atoms. The third-order valence-electron chi connectivity index (χ3n) is 0.449. The maximum Gasteiger partial charge on any atom is 2.00 e. The molecule has 0 aliphatic carbocycles. The van der Waals surface area contributed by atoms with E-state index in [0.29, 0.717) is 0 Å². The molecule has 0 spiro atoms. The molecule has 1 radical (unpaired) electrons. The molecule has 0 aromatic heterocycles. The Labute approximate surface area is 76.1 Å². The molecule has 0 unspecified atom stereocenters. The maximum absolute atomic E-state index is 4.88. The zero-order valence-corrected chi connectivity index (χ0v) is 7.23. The van der Waals surface area contributed by atoms with E-state index in [0.717, 1.165) is 4.90 Å². The summed E-state index contributed by atoms with van der Waals surface area (Å²) in [5.74, 6) is 0. The molecule has 0 atom stereocenters. The van der Waals surface area contributed by atoms with Gasteiger partial charge in [0, 0.05) is 12.1 Å². The van der Waals surface area contributed by atoms with Crippen LogP contribution in [-0.2, 0) is 17.1 Å². The van der Waals surface area contributed by atoms with Gasteiger partial charge in [0.05, 0.1) is 0 Å². The fraction of sp³-hybridized carbons (Fsp3) is 0. The van der Waals surface area contributed by atoms with E-state index in [1.54, 1.807) is 0 Å². The number of nitrogens with zero attached hydrogens (tertiary/aromatic N) is 1. The Morgan fingerprint density at radius 3 is 1.78 bits per heavy atom. The predicted octanol–water partition coefficient (Wildman–Crippen LogP) is 0.682. The van der Waals surface area contributed by atoms with Crippen molar-refractivity contribution in [3.05, 3.63) is 0 Å². The first kappa shape index (κ1) is 11.6. The number of hydrogen-bond acceptors (Lipinski definition) is 1. The standard InChI is InChI=1S/C5H3NS2.Mn/c1-3-6(4-2)5(7)8;/h1-2H,(H,7,8);/q;+2. The van der Waals surface area contributed by atoms with Crippen LogP contribution in [0.2, 0.25) is 0 Å². The number of thiol groups is 1. The Bertz CT molecular complexity index is 162. The molecule has 0 fully saturated rings. The molecule has 0 heterocycles. The smallest absolute Gasteiger partial charge is 0.211 e. The fourth-order valence-corrected chi connectivity index (χ4v) is 0.369. The minimum absolute atomic E-state index is 0. The summed E-state index contributed by atoms with van der Waals surface area (Å²) in [6, 6.07) is 4.26. The van der Waals surface area contributed by atoms with Crippen LogP contribution in [0.15, 0.2) is 0 Å². The van der Waals surface area contributed by atoms with Crippen LogP contribution in [0, 0.1) is 24.9 Å². The van der Waals surface area contributed by atoms with Crippen LogP contribution < -0.4 is 0 Å². The van der Waals surface area contributed by atoms with E-state index in [2.05, 4.69) is 36.9 Å². The van der Waals surface area contributed by atoms with Gasteiger partial charge in [0.2, 0.25) is 0 Å². The van der Waals surface area contributed by atoms with Crippen molar-refractivity contribution in [2.75, 3.05) is 0 Å². The Balaban J connectivity index is 0. The summed E-state index contributed by atoms with van der Waals surface area (Å²) >= 11 is 8.25. The van der Waals surface area contributed by atoms with Crippen molar-refractivity contribution in [3.63, 3.8) is 0 Å². The third-order valence-corrected chi connectivity index (χ3v) is 0.832. The third kappa shape index (κ3) is 4.39. The zero-order valence-electron chi connectivity index (χ0n) is 4.34. The number of hydrogen-bond donors (Lipinski definition) is 1. The number of terminal acetylenes is 2. The average Bonchev–Trinajstić information content (AvgIpc) is 1.69. The van der Waals surface area contributed by atoms with Crippen LogP contribution >= 0.6 is 24.8 Å². The van der Waals surface area contributed by atoms with Gasteiger partial charge in [-0.2, -0.15) is 0 Å². The summed E-state index contributed by atoms with van der Waals surface area (Å²) in [6.07, 6.45) is 9.76. The summed E-state index contributed by atoms with van der Waals surface area (Å²) < 4.78 is 0.218. The first-order chi connectivity index (χ1) is 3.72. The van der Waals surface area contributed by atoms with E-state index in [1.807, 2.05) is 0 Å². The van der Waals surface area contributed by atoms with Gasteiger partial charge in [-0.25, -0.2) is 4.90 Å². The van der Waals surface area contributed by atoms with Crippen LogP contribution in [0.1, 0.15) is 0 Å². The maximum atomic E-state index is 4.88. The molecule has 0 saturated carbocycles. The van der Waals surface area contributed by atoms with Crippen LogP contribution in [-0.4, -0.2) is 9.22 Å². The molecular formula is C5H3MnNS2+2. The van der Waals surface area contributed by atoms with Crippen molar-refractivity contribution >= 4 is 29.2 Å². The van der Waals surface area contributed by atoms with E-state index in [-0.39, 0.29) is 21.4 Å². The van der Waals surface area contributed by atoms with Crippen LogP contribution in [0.3, 0.4) is 0 Å². The molecule has 9 heavy (non-hydrogen) atoms. The van der Waals surface area contributed by atoms with Gasteiger partial charge in [0.15, 0.2) is 4.32 Å². The van der Waals surface area contributed by atoms with E-state index in [1.165, 1.54) is 0 Å². The summed E-state index contributed by atoms with van der Waals surface area (Å²) in [4.78, 5) is 1.07. The monoisotopic (exact) mass is 196 g/mol. The Morgan fingerprint density at radius 1 is 1.44 bits per heavy atom. The molecule has 0 aromatic rings. The minimum Gasteiger partial charge on any atom is -0.211 e. The molecule has 0 aromatic carbocycles. The van der Waals surface area contributed by atoms with Crippen molar-refractivity contribution in [3.8, 4) is 24.9 Å². The van der Waals surface area contributed by atoms with Gasteiger partial charge in [0.25, 0.3) is 0 Å². The summed E-state index contributed by atoms with van der Waals surface area (Å²) in [5, 5.41) is 0. The Morgan fingerprint density at radius 2 is 1.78 bits per heavy atom. The van der Waals surface area contributed by atoms with Crippen molar-refractivity contribution in [2.45, 2.75) is 0 Å². The SMILES string of the molecule is C#CN(C#C)C(=S)S.[Mn+2]. The first-order valence-corrected chi connectivity index (χ1v) is 2.53. The van der Waals surface area contributed by atoms with E-state index in [4.69, 9.17) is 12.8 Å². The Kier molecular flexibility index (Phi) is 7.77. The second kappa shape index (κ2) is 6.01. The topological polar surface area (TPSA) is 3.24 Å². The molecule has 0 rings (SSSR count). The van der Waals surface area contributed by atoms with Gasteiger partial charge in [-0.05, 0) is 0 Å². The van der Waals surface area contributed by atoms with Crippen LogP contribution in [0.4, 0.5) is 0 Å². The number of thiocarbonyl (C=S) groups is 1. The molecule has 0 aliphatic heterocycles. The quantitative estimate of drug-likeness (QED) is 0.199. The second-order valence-corrected chi connectivity index (χ2v) is 1.99. The zero-order chi connectivity index (χ0) is 6.57. The summed E-state index contributed by atoms with van der Waals surface area (Å²) in [6.45, 7) is 0. The molecule has 4 heteroatoms. The van der Waals surface area contributed by atoms with Crippen molar-refractivity contribution in [2.24, 2.45) is 0 Å². The van der Waals surface area contributed by atoms with Gasteiger partial charge < -0.3 is 0 Å². The van der Waals surface area contributed by atoms with E-state index >= 15 is 0 Å². The first-order valence-electron chi connectivity index (χ1n) is 1.68. The molecule has 0 N–H and O–H groups in total. The molecule has 0 saturated heterocycles. The molecular weight excluding hydrogens is 193 g/mol. The average molecular weight is 196 g/mol. The van der Waals surface area contributed by atoms with E-state index in [9.17, 15) is 0 Å². The van der Waals surface area contributed by atoms with Crippen molar-refractivity contribution < 1.29 is 17.1 Å². The summed E-state index contributed by atoms with van der Waals surface area (Å²) in [7, 11) is 0. The normalized spacial score (nSPS) is 5.67. The van der Waals surface area contributed by atoms with Crippen LogP contribution in [0.25, 0.3) is 0 Å². The molecule has 45 valence electrons. The summed E-state index contributed by atoms with van der Waals surface area (Å²) in [5.41, 5.74) is 0. The van der Waals surface area contributed by atoms with Crippen molar-refractivity contribution in [1.29, 1.82) is 0 Å². The van der Waals surface area contributed by atoms with Gasteiger partial charge in [0.1, 0.15) is 0 Å². The number of rotatable bonds is 0. The van der Waals surface area contributed by atoms with Gasteiger partial charge >= 0.3 is 17.1 Å².